The second-order valence-corrected chi connectivity index (χ2v) is 7.45. The number of benzene rings is 1. The number of amides is 1. The number of halogens is 1. The van der Waals surface area contributed by atoms with Crippen LogP contribution in [0, 0.1) is 5.92 Å². The summed E-state index contributed by atoms with van der Waals surface area (Å²) in [6.07, 6.45) is 0.939. The van der Waals surface area contributed by atoms with E-state index in [4.69, 9.17) is 16.3 Å². The number of hydrogen-bond acceptors (Lipinski definition) is 3. The number of aliphatic imine (C=N–C) groups is 1. The molecule has 1 fully saturated rings. The van der Waals surface area contributed by atoms with Gasteiger partial charge in [-0.2, -0.15) is 0 Å². The fraction of sp³-hybridized carbons (Fsp3) is 0.600. The lowest BCUT2D eigenvalue weighted by molar-refractivity contribution is -0.133. The van der Waals surface area contributed by atoms with E-state index in [-0.39, 0.29) is 17.9 Å². The summed E-state index contributed by atoms with van der Waals surface area (Å²) in [7, 11) is 0. The number of carbonyl (C=O) groups excluding carboxylic acids is 1. The molecule has 1 heterocycles. The predicted molar refractivity (Wildman–Crippen MR) is 110 cm³/mol. The zero-order chi connectivity index (χ0) is 19.6. The normalized spacial score (nSPS) is 17.4. The van der Waals surface area contributed by atoms with Gasteiger partial charge in [-0.3, -0.25) is 9.79 Å². The molecule has 7 heteroatoms. The topological polar surface area (TPSA) is 66.0 Å². The lowest BCUT2D eigenvalue weighted by Gasteiger charge is -2.20. The number of carbonyl (C=O) groups is 1. The number of likely N-dealkylation sites (tertiary alicyclic amines) is 1. The zero-order valence-electron chi connectivity index (χ0n) is 16.5. The van der Waals surface area contributed by atoms with Crippen molar-refractivity contribution in [1.29, 1.82) is 0 Å². The highest BCUT2D eigenvalue weighted by Crippen LogP contribution is 2.13. The molecule has 1 unspecified atom stereocenters. The summed E-state index contributed by atoms with van der Waals surface area (Å²) in [6, 6.07) is 7.90. The second kappa shape index (κ2) is 11.1. The van der Waals surface area contributed by atoms with E-state index in [1.807, 2.05) is 49.9 Å². The van der Waals surface area contributed by atoms with Crippen molar-refractivity contribution in [2.45, 2.75) is 39.8 Å². The Labute approximate surface area is 167 Å². The third-order valence-corrected chi connectivity index (χ3v) is 4.58. The molecule has 1 aliphatic rings. The summed E-state index contributed by atoms with van der Waals surface area (Å²) in [4.78, 5) is 18.6. The quantitative estimate of drug-likeness (QED) is 0.404. The average Bonchev–Trinajstić information content (AvgIpc) is 3.09. The largest absolute Gasteiger partial charge is 0.375 e. The Kier molecular flexibility index (Phi) is 8.88. The molecule has 2 N–H and O–H groups in total. The first kappa shape index (κ1) is 21.5. The van der Waals surface area contributed by atoms with Crippen molar-refractivity contribution in [2.75, 3.05) is 32.8 Å². The van der Waals surface area contributed by atoms with Crippen molar-refractivity contribution in [1.82, 2.24) is 15.5 Å². The van der Waals surface area contributed by atoms with E-state index in [1.54, 1.807) is 0 Å². The van der Waals surface area contributed by atoms with Crippen LogP contribution >= 0.6 is 11.6 Å². The molecule has 0 spiro atoms. The molecule has 1 amide bonds. The van der Waals surface area contributed by atoms with Crippen molar-refractivity contribution >= 4 is 23.5 Å². The average molecular weight is 395 g/mol. The number of nitrogens with one attached hydrogen (secondary N) is 2. The summed E-state index contributed by atoms with van der Waals surface area (Å²) in [6.45, 7) is 9.87. The summed E-state index contributed by atoms with van der Waals surface area (Å²) in [5.41, 5.74) is 1.05. The van der Waals surface area contributed by atoms with E-state index >= 15 is 0 Å². The van der Waals surface area contributed by atoms with Crippen LogP contribution in [0.1, 0.15) is 32.8 Å². The smallest absolute Gasteiger partial charge is 0.225 e. The second-order valence-electron chi connectivity index (χ2n) is 7.01. The highest BCUT2D eigenvalue weighted by atomic mass is 35.5. The molecule has 0 radical (unpaired) electrons. The van der Waals surface area contributed by atoms with Crippen molar-refractivity contribution in [3.05, 3.63) is 34.9 Å². The van der Waals surface area contributed by atoms with Crippen LogP contribution in [0.2, 0.25) is 5.02 Å². The van der Waals surface area contributed by atoms with Gasteiger partial charge < -0.3 is 20.3 Å². The van der Waals surface area contributed by atoms with Crippen LogP contribution < -0.4 is 10.6 Å². The minimum Gasteiger partial charge on any atom is -0.375 e. The number of guanidine groups is 1. The molecule has 1 saturated heterocycles. The Balaban J connectivity index is 1.74. The molecule has 1 aromatic rings. The molecule has 2 rings (SSSR count). The predicted octanol–water partition coefficient (Wildman–Crippen LogP) is 2.67. The van der Waals surface area contributed by atoms with Crippen LogP contribution in [0.5, 0.6) is 0 Å². The number of ether oxygens (including phenoxy) is 1. The molecule has 1 aliphatic heterocycles. The SMILES string of the molecule is CCNC(=NCCOCc1cccc(Cl)c1)NC1CCN(C(=O)C(C)C)C1. The molecular formula is C20H31ClN4O2. The van der Waals surface area contributed by atoms with Crippen LogP contribution in [0.4, 0.5) is 0 Å². The molecule has 27 heavy (non-hydrogen) atoms. The van der Waals surface area contributed by atoms with E-state index in [0.29, 0.717) is 24.8 Å². The fourth-order valence-electron chi connectivity index (χ4n) is 3.00. The lowest BCUT2D eigenvalue weighted by Crippen LogP contribution is -2.45. The molecule has 0 aromatic heterocycles. The number of nitrogens with zero attached hydrogens (tertiary/aromatic N) is 2. The molecule has 1 atom stereocenters. The Morgan fingerprint density at radius 2 is 2.26 bits per heavy atom. The first-order chi connectivity index (χ1) is 13.0. The maximum Gasteiger partial charge on any atom is 0.225 e. The van der Waals surface area contributed by atoms with E-state index in [2.05, 4.69) is 15.6 Å². The molecule has 0 saturated carbocycles. The standard InChI is InChI=1S/C20H31ClN4O2/c1-4-22-20(24-18-8-10-25(13-18)19(26)15(2)3)23-9-11-27-14-16-6-5-7-17(21)12-16/h5-7,12,15,18H,4,8-11,13-14H2,1-3H3,(H2,22,23,24). The van der Waals surface area contributed by atoms with Crippen molar-refractivity contribution in [3.63, 3.8) is 0 Å². The number of hydrogen-bond donors (Lipinski definition) is 2. The Morgan fingerprint density at radius 1 is 1.44 bits per heavy atom. The first-order valence-electron chi connectivity index (χ1n) is 9.65. The summed E-state index contributed by atoms with van der Waals surface area (Å²) < 4.78 is 5.67. The molecule has 150 valence electrons. The molecule has 6 nitrogen and oxygen atoms in total. The van der Waals surface area contributed by atoms with E-state index in [9.17, 15) is 4.79 Å². The highest BCUT2D eigenvalue weighted by Gasteiger charge is 2.27. The minimum absolute atomic E-state index is 0.0438. The van der Waals surface area contributed by atoms with E-state index in [0.717, 1.165) is 37.6 Å². The Morgan fingerprint density at radius 3 is 2.96 bits per heavy atom. The van der Waals surface area contributed by atoms with Gasteiger partial charge in [0.2, 0.25) is 5.91 Å². The zero-order valence-corrected chi connectivity index (χ0v) is 17.3. The van der Waals surface area contributed by atoms with Crippen LogP contribution in [0.15, 0.2) is 29.3 Å². The molecule has 0 bridgehead atoms. The van der Waals surface area contributed by atoms with E-state index < -0.39 is 0 Å². The van der Waals surface area contributed by atoms with Gasteiger partial charge in [0.15, 0.2) is 5.96 Å². The monoisotopic (exact) mass is 394 g/mol. The van der Waals surface area contributed by atoms with Gasteiger partial charge in [0.25, 0.3) is 0 Å². The maximum absolute atomic E-state index is 12.1. The van der Waals surface area contributed by atoms with Crippen LogP contribution in [0.3, 0.4) is 0 Å². The highest BCUT2D eigenvalue weighted by molar-refractivity contribution is 6.30. The van der Waals surface area contributed by atoms with Crippen molar-refractivity contribution in [2.24, 2.45) is 10.9 Å². The van der Waals surface area contributed by atoms with Crippen molar-refractivity contribution in [3.8, 4) is 0 Å². The Hall–Kier alpha value is -1.79. The van der Waals surface area contributed by atoms with Crippen LogP contribution in [-0.2, 0) is 16.1 Å². The van der Waals surface area contributed by atoms with Crippen LogP contribution in [-0.4, -0.2) is 55.6 Å². The van der Waals surface area contributed by atoms with Gasteiger partial charge in [0.1, 0.15) is 0 Å². The van der Waals surface area contributed by atoms with Gasteiger partial charge >= 0.3 is 0 Å². The van der Waals surface area contributed by atoms with Crippen molar-refractivity contribution < 1.29 is 9.53 Å². The third kappa shape index (κ3) is 7.39. The van der Waals surface area contributed by atoms with Crippen LogP contribution in [0.25, 0.3) is 0 Å². The molecule has 0 aliphatic carbocycles. The Bertz CT molecular complexity index is 636. The lowest BCUT2D eigenvalue weighted by atomic mass is 10.2. The van der Waals surface area contributed by atoms with Gasteiger partial charge in [-0.25, -0.2) is 0 Å². The van der Waals surface area contributed by atoms with Gasteiger partial charge in [0, 0.05) is 36.6 Å². The van der Waals surface area contributed by atoms with Gasteiger partial charge in [-0.1, -0.05) is 37.6 Å². The number of rotatable bonds is 8. The molecular weight excluding hydrogens is 364 g/mol. The summed E-state index contributed by atoms with van der Waals surface area (Å²) >= 11 is 5.97. The third-order valence-electron chi connectivity index (χ3n) is 4.34. The minimum atomic E-state index is 0.0438. The summed E-state index contributed by atoms with van der Waals surface area (Å²) in [5, 5.41) is 7.40. The molecule has 1 aromatic carbocycles. The van der Waals surface area contributed by atoms with E-state index in [1.165, 1.54) is 0 Å². The maximum atomic E-state index is 12.1. The first-order valence-corrected chi connectivity index (χ1v) is 10.0. The van der Waals surface area contributed by atoms with Gasteiger partial charge in [-0.15, -0.1) is 0 Å². The van der Waals surface area contributed by atoms with Gasteiger partial charge in [-0.05, 0) is 31.0 Å². The summed E-state index contributed by atoms with van der Waals surface area (Å²) in [5.74, 6) is 1.03. The fourth-order valence-corrected chi connectivity index (χ4v) is 3.21. The van der Waals surface area contributed by atoms with Gasteiger partial charge in [0.05, 0.1) is 19.8 Å².